The Balaban J connectivity index is 1.85. The fraction of sp³-hybridized carbons (Fsp3) is 0.409. The van der Waals surface area contributed by atoms with Crippen LogP contribution in [0.25, 0.3) is 5.82 Å². The van der Waals surface area contributed by atoms with Crippen LogP contribution in [-0.4, -0.2) is 32.2 Å². The molecule has 0 radical (unpaired) electrons. The SMILES string of the molecule is Cc1ccc(-n2c(C)cc(CN(Cc3ccc(C)s3)C[C@@H](C)O)c2C)nc1. The fourth-order valence-electron chi connectivity index (χ4n) is 3.52. The number of rotatable bonds is 7. The van der Waals surface area contributed by atoms with Crippen LogP contribution < -0.4 is 0 Å². The van der Waals surface area contributed by atoms with E-state index in [-0.39, 0.29) is 6.10 Å². The molecule has 0 unspecified atom stereocenters. The van der Waals surface area contributed by atoms with Crippen molar-refractivity contribution in [3.63, 3.8) is 0 Å². The van der Waals surface area contributed by atoms with Gasteiger partial charge in [0, 0.05) is 47.0 Å². The number of hydrogen-bond acceptors (Lipinski definition) is 4. The molecule has 0 saturated heterocycles. The van der Waals surface area contributed by atoms with Gasteiger partial charge in [-0.2, -0.15) is 0 Å². The molecule has 27 heavy (non-hydrogen) atoms. The first kappa shape index (κ1) is 19.8. The highest BCUT2D eigenvalue weighted by Gasteiger charge is 2.16. The first-order valence-corrected chi connectivity index (χ1v) is 10.2. The molecule has 0 aliphatic rings. The molecule has 0 aromatic carbocycles. The zero-order valence-electron chi connectivity index (χ0n) is 16.9. The van der Waals surface area contributed by atoms with Crippen LogP contribution in [0.2, 0.25) is 0 Å². The molecule has 1 atom stereocenters. The van der Waals surface area contributed by atoms with Crippen molar-refractivity contribution < 1.29 is 5.11 Å². The van der Waals surface area contributed by atoms with E-state index in [9.17, 15) is 5.11 Å². The van der Waals surface area contributed by atoms with Crippen LogP contribution in [0.15, 0.2) is 36.5 Å². The Bertz CT molecular complexity index is 893. The molecular formula is C22H29N3OS. The lowest BCUT2D eigenvalue weighted by atomic mass is 10.2. The highest BCUT2D eigenvalue weighted by Crippen LogP contribution is 2.23. The highest BCUT2D eigenvalue weighted by atomic mass is 32.1. The van der Waals surface area contributed by atoms with Crippen LogP contribution >= 0.6 is 11.3 Å². The number of hydrogen-bond donors (Lipinski definition) is 1. The van der Waals surface area contributed by atoms with Crippen molar-refractivity contribution in [2.24, 2.45) is 0 Å². The Hall–Kier alpha value is -1.95. The minimum Gasteiger partial charge on any atom is -0.392 e. The topological polar surface area (TPSA) is 41.3 Å². The minimum absolute atomic E-state index is 0.353. The van der Waals surface area contributed by atoms with Crippen molar-refractivity contribution in [1.29, 1.82) is 0 Å². The number of nitrogens with zero attached hydrogens (tertiary/aromatic N) is 3. The van der Waals surface area contributed by atoms with E-state index in [1.807, 2.05) is 24.5 Å². The van der Waals surface area contributed by atoms with E-state index >= 15 is 0 Å². The van der Waals surface area contributed by atoms with Gasteiger partial charge < -0.3 is 9.67 Å². The van der Waals surface area contributed by atoms with Gasteiger partial charge in [0.25, 0.3) is 0 Å². The standard InChI is InChI=1S/C22H29N3OS/c1-15-6-9-22(23-11-15)25-16(2)10-20(19(25)5)13-24(12-17(3)26)14-21-8-7-18(4)27-21/h6-11,17,26H,12-14H2,1-5H3/t17-/m1/s1. The predicted octanol–water partition coefficient (Wildman–Crippen LogP) is 4.55. The van der Waals surface area contributed by atoms with E-state index in [0.29, 0.717) is 6.54 Å². The smallest absolute Gasteiger partial charge is 0.136 e. The Morgan fingerprint density at radius 2 is 1.89 bits per heavy atom. The van der Waals surface area contributed by atoms with Crippen LogP contribution in [0.3, 0.4) is 0 Å². The molecule has 1 N–H and O–H groups in total. The molecule has 144 valence electrons. The molecule has 0 spiro atoms. The van der Waals surface area contributed by atoms with E-state index in [1.165, 1.54) is 26.7 Å². The van der Waals surface area contributed by atoms with Gasteiger partial charge in [-0.05, 0) is 70.0 Å². The summed E-state index contributed by atoms with van der Waals surface area (Å²) in [6.45, 7) is 12.6. The minimum atomic E-state index is -0.353. The lowest BCUT2D eigenvalue weighted by molar-refractivity contribution is 0.118. The molecule has 0 saturated carbocycles. The summed E-state index contributed by atoms with van der Waals surface area (Å²) in [5, 5.41) is 9.96. The average Bonchev–Trinajstić information content (AvgIpc) is 3.11. The summed E-state index contributed by atoms with van der Waals surface area (Å²) >= 11 is 1.83. The van der Waals surface area contributed by atoms with Crippen molar-refractivity contribution in [3.05, 3.63) is 68.8 Å². The number of aliphatic hydroxyl groups excluding tert-OH is 1. The summed E-state index contributed by atoms with van der Waals surface area (Å²) in [6.07, 6.45) is 1.56. The van der Waals surface area contributed by atoms with E-state index in [1.54, 1.807) is 0 Å². The monoisotopic (exact) mass is 383 g/mol. The molecule has 3 aromatic rings. The summed E-state index contributed by atoms with van der Waals surface area (Å²) in [6, 6.07) is 10.8. The van der Waals surface area contributed by atoms with Gasteiger partial charge in [-0.3, -0.25) is 4.90 Å². The molecule has 0 aliphatic heterocycles. The second-order valence-corrected chi connectivity index (χ2v) is 8.83. The second kappa shape index (κ2) is 8.38. The largest absolute Gasteiger partial charge is 0.392 e. The highest BCUT2D eigenvalue weighted by molar-refractivity contribution is 7.11. The molecule has 3 rings (SSSR count). The summed E-state index contributed by atoms with van der Waals surface area (Å²) in [5.41, 5.74) is 4.84. The van der Waals surface area contributed by atoms with Crippen molar-refractivity contribution in [3.8, 4) is 5.82 Å². The molecule has 3 aromatic heterocycles. The fourth-order valence-corrected chi connectivity index (χ4v) is 4.46. The zero-order valence-corrected chi connectivity index (χ0v) is 17.7. The van der Waals surface area contributed by atoms with Gasteiger partial charge in [-0.1, -0.05) is 6.07 Å². The number of thiophene rings is 1. The third-order valence-corrected chi connectivity index (χ3v) is 5.74. The maximum Gasteiger partial charge on any atom is 0.136 e. The summed E-state index contributed by atoms with van der Waals surface area (Å²) in [4.78, 5) is 9.58. The summed E-state index contributed by atoms with van der Waals surface area (Å²) in [5.74, 6) is 0.956. The van der Waals surface area contributed by atoms with Gasteiger partial charge in [-0.15, -0.1) is 11.3 Å². The van der Waals surface area contributed by atoms with E-state index in [4.69, 9.17) is 0 Å². The summed E-state index contributed by atoms with van der Waals surface area (Å²) < 4.78 is 2.21. The van der Waals surface area contributed by atoms with E-state index in [0.717, 1.165) is 24.5 Å². The van der Waals surface area contributed by atoms with Gasteiger partial charge in [0.05, 0.1) is 6.10 Å². The molecule has 5 heteroatoms. The third-order valence-electron chi connectivity index (χ3n) is 4.75. The lowest BCUT2D eigenvalue weighted by Crippen LogP contribution is -2.30. The van der Waals surface area contributed by atoms with Gasteiger partial charge in [0.15, 0.2) is 0 Å². The first-order chi connectivity index (χ1) is 12.8. The van der Waals surface area contributed by atoms with Crippen molar-refractivity contribution in [2.75, 3.05) is 6.54 Å². The van der Waals surface area contributed by atoms with Gasteiger partial charge >= 0.3 is 0 Å². The van der Waals surface area contributed by atoms with Gasteiger partial charge in [0.2, 0.25) is 0 Å². The molecule has 0 fully saturated rings. The van der Waals surface area contributed by atoms with Crippen LogP contribution in [0.4, 0.5) is 0 Å². The lowest BCUT2D eigenvalue weighted by Gasteiger charge is -2.23. The number of aromatic nitrogens is 2. The summed E-state index contributed by atoms with van der Waals surface area (Å²) in [7, 11) is 0. The molecular weight excluding hydrogens is 354 g/mol. The Morgan fingerprint density at radius 3 is 2.48 bits per heavy atom. The Labute approximate surface area is 166 Å². The van der Waals surface area contributed by atoms with E-state index in [2.05, 4.69) is 72.5 Å². The molecule has 3 heterocycles. The molecule has 0 amide bonds. The first-order valence-electron chi connectivity index (χ1n) is 9.40. The van der Waals surface area contributed by atoms with Gasteiger partial charge in [0.1, 0.15) is 5.82 Å². The number of aryl methyl sites for hydroxylation is 3. The second-order valence-electron chi connectivity index (χ2n) is 7.46. The van der Waals surface area contributed by atoms with Crippen molar-refractivity contribution in [2.45, 2.75) is 53.8 Å². The van der Waals surface area contributed by atoms with Gasteiger partial charge in [-0.25, -0.2) is 4.98 Å². The van der Waals surface area contributed by atoms with Crippen molar-refractivity contribution >= 4 is 11.3 Å². The average molecular weight is 384 g/mol. The normalized spacial score (nSPS) is 12.7. The number of aliphatic hydroxyl groups is 1. The Morgan fingerprint density at radius 1 is 1.11 bits per heavy atom. The van der Waals surface area contributed by atoms with Crippen LogP contribution in [0, 0.1) is 27.7 Å². The predicted molar refractivity (Wildman–Crippen MR) is 113 cm³/mol. The Kier molecular flexibility index (Phi) is 6.15. The van der Waals surface area contributed by atoms with Crippen LogP contribution in [-0.2, 0) is 13.1 Å². The molecule has 4 nitrogen and oxygen atoms in total. The maximum atomic E-state index is 9.96. The van der Waals surface area contributed by atoms with E-state index < -0.39 is 0 Å². The van der Waals surface area contributed by atoms with Crippen molar-refractivity contribution in [1.82, 2.24) is 14.5 Å². The maximum absolute atomic E-state index is 9.96. The van der Waals surface area contributed by atoms with Crippen LogP contribution in [0.5, 0.6) is 0 Å². The zero-order chi connectivity index (χ0) is 19.6. The number of pyridine rings is 1. The quantitative estimate of drug-likeness (QED) is 0.651. The van der Waals surface area contributed by atoms with Crippen LogP contribution in [0.1, 0.15) is 39.2 Å². The third kappa shape index (κ3) is 4.86. The molecule has 0 bridgehead atoms. The molecule has 0 aliphatic carbocycles.